The van der Waals surface area contributed by atoms with Crippen LogP contribution in [0.5, 0.6) is 0 Å². The normalized spacial score (nSPS) is 13.5. The van der Waals surface area contributed by atoms with Crippen LogP contribution in [0.4, 0.5) is 18.0 Å². The maximum absolute atomic E-state index is 13.1. The van der Waals surface area contributed by atoms with Gasteiger partial charge in [0.25, 0.3) is 0 Å². The molecule has 0 aromatic carbocycles. The summed E-state index contributed by atoms with van der Waals surface area (Å²) in [6, 6.07) is 1.93. The molecule has 0 saturated carbocycles. The number of carbonyl (C=O) groups is 1. The first-order chi connectivity index (χ1) is 17.6. The molecular formula is C24H30ClF3N6O3. The topological polar surface area (TPSA) is 105 Å². The standard InChI is InChI=1S/C24H30ClF3N6O3/c1-3-34(23(36)31-18(4-7-24(26,27)28)6-12-37-13-11-35)16(2)17-5-8-29-19(14-17)20-15-33-10-9-30-22(33)21(25)32-20/h5,8-10,14-16,18,35H,3-4,6-7,11-13H2,1-2H3,(H,31,36). The quantitative estimate of drug-likeness (QED) is 0.323. The number of hydrogen-bond acceptors (Lipinski definition) is 6. The van der Waals surface area contributed by atoms with Crippen molar-refractivity contribution in [1.82, 2.24) is 29.6 Å². The first-order valence-electron chi connectivity index (χ1n) is 11.9. The van der Waals surface area contributed by atoms with Crippen molar-refractivity contribution in [3.05, 3.63) is 47.6 Å². The Morgan fingerprint density at radius 2 is 2.03 bits per heavy atom. The fourth-order valence-electron chi connectivity index (χ4n) is 3.91. The van der Waals surface area contributed by atoms with E-state index in [9.17, 15) is 18.0 Å². The molecule has 0 spiro atoms. The second-order valence-electron chi connectivity index (χ2n) is 8.44. The zero-order valence-corrected chi connectivity index (χ0v) is 21.3. The van der Waals surface area contributed by atoms with Crippen LogP contribution in [-0.2, 0) is 4.74 Å². The largest absolute Gasteiger partial charge is 0.394 e. The number of urea groups is 1. The zero-order valence-electron chi connectivity index (χ0n) is 20.6. The summed E-state index contributed by atoms with van der Waals surface area (Å²) in [7, 11) is 0. The lowest BCUT2D eigenvalue weighted by Gasteiger charge is -2.31. The molecule has 3 aromatic heterocycles. The smallest absolute Gasteiger partial charge is 0.389 e. The Bertz CT molecular complexity index is 1180. The lowest BCUT2D eigenvalue weighted by Crippen LogP contribution is -2.46. The van der Waals surface area contributed by atoms with Crippen molar-refractivity contribution in [2.24, 2.45) is 0 Å². The van der Waals surface area contributed by atoms with Crippen molar-refractivity contribution in [2.75, 3.05) is 26.4 Å². The van der Waals surface area contributed by atoms with E-state index in [0.717, 1.165) is 5.56 Å². The Balaban J connectivity index is 1.75. The second kappa shape index (κ2) is 13.0. The molecule has 3 rings (SSSR count). The minimum Gasteiger partial charge on any atom is -0.394 e. The van der Waals surface area contributed by atoms with Crippen molar-refractivity contribution in [1.29, 1.82) is 0 Å². The van der Waals surface area contributed by atoms with Crippen molar-refractivity contribution in [3.63, 3.8) is 0 Å². The molecule has 0 aliphatic carbocycles. The Morgan fingerprint density at radius 3 is 2.73 bits per heavy atom. The molecule has 0 aliphatic rings. The van der Waals surface area contributed by atoms with Crippen LogP contribution in [0.2, 0.25) is 5.15 Å². The number of hydrogen-bond donors (Lipinski definition) is 2. The fraction of sp³-hybridized carbons (Fsp3) is 0.500. The van der Waals surface area contributed by atoms with E-state index in [1.165, 1.54) is 4.90 Å². The summed E-state index contributed by atoms with van der Waals surface area (Å²) in [5, 5.41) is 11.8. The van der Waals surface area contributed by atoms with Gasteiger partial charge in [-0.2, -0.15) is 13.2 Å². The fourth-order valence-corrected chi connectivity index (χ4v) is 4.15. The number of ether oxygens (including phenoxy) is 1. The minimum atomic E-state index is -4.34. The van der Waals surface area contributed by atoms with Crippen molar-refractivity contribution >= 4 is 23.3 Å². The molecule has 13 heteroatoms. The van der Waals surface area contributed by atoms with E-state index >= 15 is 0 Å². The molecule has 0 aliphatic heterocycles. The van der Waals surface area contributed by atoms with E-state index in [4.69, 9.17) is 21.4 Å². The van der Waals surface area contributed by atoms with Crippen LogP contribution in [0, 0.1) is 0 Å². The lowest BCUT2D eigenvalue weighted by atomic mass is 10.1. The molecule has 2 amide bonds. The summed E-state index contributed by atoms with van der Waals surface area (Å²) in [4.78, 5) is 27.6. The van der Waals surface area contributed by atoms with E-state index in [2.05, 4.69) is 20.3 Å². The first-order valence-corrected chi connectivity index (χ1v) is 12.3. The number of aliphatic hydroxyl groups is 1. The highest BCUT2D eigenvalue weighted by molar-refractivity contribution is 6.32. The van der Waals surface area contributed by atoms with Crippen LogP contribution in [0.1, 0.15) is 44.7 Å². The molecule has 3 heterocycles. The second-order valence-corrected chi connectivity index (χ2v) is 8.79. The van der Waals surface area contributed by atoms with Gasteiger partial charge in [0.05, 0.1) is 24.9 Å². The van der Waals surface area contributed by atoms with Gasteiger partial charge in [0.1, 0.15) is 5.69 Å². The number of fused-ring (bicyclic) bond motifs is 1. The minimum absolute atomic E-state index is 0.0796. The summed E-state index contributed by atoms with van der Waals surface area (Å²) < 4.78 is 45.4. The summed E-state index contributed by atoms with van der Waals surface area (Å²) in [6.45, 7) is 3.96. The third-order valence-corrected chi connectivity index (χ3v) is 6.13. The molecular weight excluding hydrogens is 513 g/mol. The van der Waals surface area contributed by atoms with Crippen LogP contribution in [0.3, 0.4) is 0 Å². The van der Waals surface area contributed by atoms with Crippen LogP contribution < -0.4 is 5.32 Å². The average molecular weight is 543 g/mol. The van der Waals surface area contributed by atoms with Gasteiger partial charge in [0.2, 0.25) is 0 Å². The Morgan fingerprint density at radius 1 is 1.24 bits per heavy atom. The van der Waals surface area contributed by atoms with Gasteiger partial charge in [-0.15, -0.1) is 0 Å². The number of amides is 2. The molecule has 202 valence electrons. The van der Waals surface area contributed by atoms with Gasteiger partial charge in [-0.05, 0) is 44.4 Å². The maximum Gasteiger partial charge on any atom is 0.389 e. The third-order valence-electron chi connectivity index (χ3n) is 5.88. The summed E-state index contributed by atoms with van der Waals surface area (Å²) in [5.74, 6) is 0. The number of carbonyl (C=O) groups excluding carboxylic acids is 1. The Labute approximate surface area is 217 Å². The molecule has 3 aromatic rings. The molecule has 0 fully saturated rings. The molecule has 2 N–H and O–H groups in total. The molecule has 2 unspecified atom stereocenters. The third kappa shape index (κ3) is 8.01. The predicted molar refractivity (Wildman–Crippen MR) is 132 cm³/mol. The van der Waals surface area contributed by atoms with Gasteiger partial charge >= 0.3 is 12.2 Å². The van der Waals surface area contributed by atoms with Crippen LogP contribution >= 0.6 is 11.6 Å². The van der Waals surface area contributed by atoms with Gasteiger partial charge in [-0.25, -0.2) is 14.8 Å². The number of imidazole rings is 1. The number of halogens is 4. The van der Waals surface area contributed by atoms with Crippen molar-refractivity contribution < 1.29 is 27.8 Å². The predicted octanol–water partition coefficient (Wildman–Crippen LogP) is 4.65. The van der Waals surface area contributed by atoms with Gasteiger partial charge in [0, 0.05) is 50.4 Å². The van der Waals surface area contributed by atoms with E-state index in [0.29, 0.717) is 23.6 Å². The summed E-state index contributed by atoms with van der Waals surface area (Å²) in [6.07, 6.45) is 1.26. The Kier molecular flexibility index (Phi) is 10.1. The van der Waals surface area contributed by atoms with Crippen LogP contribution in [-0.4, -0.2) is 74.0 Å². The molecule has 37 heavy (non-hydrogen) atoms. The van der Waals surface area contributed by atoms with Crippen LogP contribution in [0.25, 0.3) is 17.0 Å². The van der Waals surface area contributed by atoms with E-state index in [-0.39, 0.29) is 37.8 Å². The van der Waals surface area contributed by atoms with Crippen molar-refractivity contribution in [2.45, 2.75) is 51.4 Å². The summed E-state index contributed by atoms with van der Waals surface area (Å²) in [5.41, 5.74) is 2.35. The monoisotopic (exact) mass is 542 g/mol. The highest BCUT2D eigenvalue weighted by Gasteiger charge is 2.30. The average Bonchev–Trinajstić information content (AvgIpc) is 3.34. The van der Waals surface area contributed by atoms with E-state index < -0.39 is 30.7 Å². The maximum atomic E-state index is 13.1. The Hall–Kier alpha value is -2.96. The number of aliphatic hydroxyl groups excluding tert-OH is 1. The van der Waals surface area contributed by atoms with E-state index in [1.54, 1.807) is 48.2 Å². The van der Waals surface area contributed by atoms with Crippen molar-refractivity contribution in [3.8, 4) is 11.4 Å². The van der Waals surface area contributed by atoms with Crippen LogP contribution in [0.15, 0.2) is 36.9 Å². The SMILES string of the molecule is CCN(C(=O)NC(CCOCCO)CCC(F)(F)F)C(C)c1ccnc(-c2cn3ccnc3c(Cl)n2)c1. The first kappa shape index (κ1) is 28.6. The number of pyridine rings is 1. The zero-order chi connectivity index (χ0) is 27.0. The number of nitrogens with one attached hydrogen (secondary N) is 1. The molecule has 0 saturated heterocycles. The lowest BCUT2D eigenvalue weighted by molar-refractivity contribution is -0.136. The van der Waals surface area contributed by atoms with Gasteiger partial charge in [-0.3, -0.25) is 4.98 Å². The van der Waals surface area contributed by atoms with Gasteiger partial charge in [-0.1, -0.05) is 11.6 Å². The number of rotatable bonds is 12. The van der Waals surface area contributed by atoms with Gasteiger partial charge < -0.3 is 24.5 Å². The summed E-state index contributed by atoms with van der Waals surface area (Å²) >= 11 is 6.25. The highest BCUT2D eigenvalue weighted by Crippen LogP contribution is 2.27. The van der Waals surface area contributed by atoms with Gasteiger partial charge in [0.15, 0.2) is 10.8 Å². The van der Waals surface area contributed by atoms with E-state index in [1.807, 2.05) is 6.92 Å². The number of nitrogens with zero attached hydrogens (tertiary/aromatic N) is 5. The molecule has 2 atom stereocenters. The number of aromatic nitrogens is 4. The molecule has 9 nitrogen and oxygen atoms in total. The molecule has 0 bridgehead atoms. The highest BCUT2D eigenvalue weighted by atomic mass is 35.5. The molecule has 0 radical (unpaired) electrons. The number of alkyl halides is 3.